The molecule has 5 nitrogen and oxygen atoms in total. The summed E-state index contributed by atoms with van der Waals surface area (Å²) < 4.78 is 39.7. The van der Waals surface area contributed by atoms with Gasteiger partial charge in [0.05, 0.1) is 11.3 Å². The molecule has 3 rings (SSSR count). The Morgan fingerprint density at radius 2 is 1.85 bits per heavy atom. The number of aromatic nitrogens is 3. The molecule has 0 fully saturated rings. The second-order valence-electron chi connectivity index (χ2n) is 5.40. The van der Waals surface area contributed by atoms with E-state index in [0.717, 1.165) is 12.1 Å². The maximum atomic E-state index is 12.8. The van der Waals surface area contributed by atoms with E-state index in [0.29, 0.717) is 16.5 Å². The van der Waals surface area contributed by atoms with E-state index in [2.05, 4.69) is 15.4 Å². The Morgan fingerprint density at radius 1 is 1.15 bits per heavy atom. The summed E-state index contributed by atoms with van der Waals surface area (Å²) in [5.74, 6) is -0.420. The zero-order valence-electron chi connectivity index (χ0n) is 13.4. The van der Waals surface area contributed by atoms with Crippen molar-refractivity contribution in [2.24, 2.45) is 0 Å². The Morgan fingerprint density at radius 3 is 2.50 bits per heavy atom. The summed E-state index contributed by atoms with van der Waals surface area (Å²) in [5, 5.41) is 7.03. The number of carbonyl (C=O) groups excluding carboxylic acids is 1. The van der Waals surface area contributed by atoms with E-state index in [1.165, 1.54) is 16.8 Å². The number of hydrogen-bond donors (Lipinski definition) is 1. The van der Waals surface area contributed by atoms with E-state index in [-0.39, 0.29) is 11.5 Å². The summed E-state index contributed by atoms with van der Waals surface area (Å²) >= 11 is 5.84. The van der Waals surface area contributed by atoms with Gasteiger partial charge in [-0.25, -0.2) is 9.67 Å². The van der Waals surface area contributed by atoms with Gasteiger partial charge in [-0.05, 0) is 49.4 Å². The Kier molecular flexibility index (Phi) is 4.69. The van der Waals surface area contributed by atoms with Crippen molar-refractivity contribution in [1.29, 1.82) is 0 Å². The van der Waals surface area contributed by atoms with Crippen LogP contribution in [0.1, 0.15) is 22.0 Å². The molecule has 0 radical (unpaired) electrons. The number of nitrogens with zero attached hydrogens (tertiary/aromatic N) is 3. The highest BCUT2D eigenvalue weighted by atomic mass is 35.5. The molecule has 0 aliphatic heterocycles. The molecule has 0 bridgehead atoms. The lowest BCUT2D eigenvalue weighted by molar-refractivity contribution is -0.137. The van der Waals surface area contributed by atoms with Gasteiger partial charge < -0.3 is 5.32 Å². The second kappa shape index (κ2) is 6.80. The smallest absolute Gasteiger partial charge is 0.319 e. The van der Waals surface area contributed by atoms with Crippen LogP contribution in [0.5, 0.6) is 0 Å². The van der Waals surface area contributed by atoms with Crippen molar-refractivity contribution in [3.05, 3.63) is 70.8 Å². The molecule has 0 saturated heterocycles. The van der Waals surface area contributed by atoms with Crippen molar-refractivity contribution in [2.75, 3.05) is 5.32 Å². The molecule has 1 heterocycles. The first kappa shape index (κ1) is 17.9. The Hall–Kier alpha value is -2.87. The zero-order chi connectivity index (χ0) is 18.9. The molecular weight excluding hydrogens is 369 g/mol. The number of rotatable bonds is 3. The standard InChI is InChI=1S/C17H12ClF3N4O/c1-10-22-15(24-25(10)14-7-5-12(18)6-8-14)16(26)23-13-4-2-3-11(9-13)17(19,20)21/h2-9H,1H3,(H,23,26). The highest BCUT2D eigenvalue weighted by Crippen LogP contribution is 2.30. The number of aryl methyl sites for hydroxylation is 1. The van der Waals surface area contributed by atoms with Crippen molar-refractivity contribution in [1.82, 2.24) is 14.8 Å². The summed E-state index contributed by atoms with van der Waals surface area (Å²) in [4.78, 5) is 16.3. The van der Waals surface area contributed by atoms with Crippen LogP contribution in [-0.4, -0.2) is 20.7 Å². The molecule has 26 heavy (non-hydrogen) atoms. The van der Waals surface area contributed by atoms with Crippen LogP contribution >= 0.6 is 11.6 Å². The van der Waals surface area contributed by atoms with E-state index in [1.54, 1.807) is 31.2 Å². The van der Waals surface area contributed by atoms with Crippen LogP contribution in [-0.2, 0) is 6.18 Å². The third-order valence-corrected chi connectivity index (χ3v) is 3.74. The molecule has 3 aromatic rings. The van der Waals surface area contributed by atoms with Gasteiger partial charge in [-0.1, -0.05) is 17.7 Å². The van der Waals surface area contributed by atoms with E-state index < -0.39 is 17.6 Å². The fourth-order valence-electron chi connectivity index (χ4n) is 2.27. The first-order valence-corrected chi connectivity index (χ1v) is 7.80. The summed E-state index contributed by atoms with van der Waals surface area (Å²) in [6.45, 7) is 1.66. The van der Waals surface area contributed by atoms with Crippen LogP contribution in [0, 0.1) is 6.92 Å². The van der Waals surface area contributed by atoms with Gasteiger partial charge in [-0.15, -0.1) is 5.10 Å². The Bertz CT molecular complexity index is 951. The van der Waals surface area contributed by atoms with E-state index in [4.69, 9.17) is 11.6 Å². The summed E-state index contributed by atoms with van der Waals surface area (Å²) in [6, 6.07) is 11.1. The highest BCUT2D eigenvalue weighted by molar-refractivity contribution is 6.30. The number of anilines is 1. The minimum absolute atomic E-state index is 0.00493. The van der Waals surface area contributed by atoms with Gasteiger partial charge in [0, 0.05) is 10.7 Å². The largest absolute Gasteiger partial charge is 0.416 e. The Labute approximate surface area is 151 Å². The summed E-state index contributed by atoms with van der Waals surface area (Å²) in [7, 11) is 0. The molecule has 1 N–H and O–H groups in total. The van der Waals surface area contributed by atoms with Crippen LogP contribution in [0.25, 0.3) is 5.69 Å². The zero-order valence-corrected chi connectivity index (χ0v) is 14.1. The molecule has 0 aliphatic carbocycles. The van der Waals surface area contributed by atoms with Crippen LogP contribution in [0.2, 0.25) is 5.02 Å². The fourth-order valence-corrected chi connectivity index (χ4v) is 2.40. The van der Waals surface area contributed by atoms with Gasteiger partial charge in [0.1, 0.15) is 5.82 Å². The molecule has 0 saturated carbocycles. The molecule has 0 spiro atoms. The third-order valence-electron chi connectivity index (χ3n) is 3.49. The molecular formula is C17H12ClF3N4O. The minimum atomic E-state index is -4.49. The quantitative estimate of drug-likeness (QED) is 0.727. The molecule has 9 heteroatoms. The van der Waals surface area contributed by atoms with Crippen LogP contribution in [0.3, 0.4) is 0 Å². The Balaban J connectivity index is 1.83. The predicted molar refractivity (Wildman–Crippen MR) is 90.5 cm³/mol. The summed E-state index contributed by atoms with van der Waals surface area (Å²) in [5.41, 5.74) is -0.200. The van der Waals surface area contributed by atoms with E-state index in [1.807, 2.05) is 0 Å². The number of halogens is 4. The lowest BCUT2D eigenvalue weighted by Crippen LogP contribution is -2.15. The van der Waals surface area contributed by atoms with Crippen molar-refractivity contribution in [2.45, 2.75) is 13.1 Å². The van der Waals surface area contributed by atoms with Crippen LogP contribution in [0.4, 0.5) is 18.9 Å². The van der Waals surface area contributed by atoms with Crippen LogP contribution < -0.4 is 5.32 Å². The first-order valence-electron chi connectivity index (χ1n) is 7.42. The highest BCUT2D eigenvalue weighted by Gasteiger charge is 2.30. The van der Waals surface area contributed by atoms with Crippen molar-refractivity contribution >= 4 is 23.2 Å². The average molecular weight is 381 g/mol. The van der Waals surface area contributed by atoms with Crippen molar-refractivity contribution < 1.29 is 18.0 Å². The van der Waals surface area contributed by atoms with E-state index >= 15 is 0 Å². The lowest BCUT2D eigenvalue weighted by Gasteiger charge is -2.08. The molecule has 0 unspecified atom stereocenters. The van der Waals surface area contributed by atoms with Crippen molar-refractivity contribution in [3.8, 4) is 5.69 Å². The maximum absolute atomic E-state index is 12.8. The molecule has 134 valence electrons. The van der Waals surface area contributed by atoms with E-state index in [9.17, 15) is 18.0 Å². The summed E-state index contributed by atoms with van der Waals surface area (Å²) in [6.07, 6.45) is -4.49. The minimum Gasteiger partial charge on any atom is -0.319 e. The van der Waals surface area contributed by atoms with Gasteiger partial charge in [0.15, 0.2) is 0 Å². The monoisotopic (exact) mass is 380 g/mol. The molecule has 2 aromatic carbocycles. The topological polar surface area (TPSA) is 59.8 Å². The number of hydrogen-bond acceptors (Lipinski definition) is 3. The SMILES string of the molecule is Cc1nc(C(=O)Nc2cccc(C(F)(F)F)c2)nn1-c1ccc(Cl)cc1. The number of carbonyl (C=O) groups is 1. The van der Waals surface area contributed by atoms with Gasteiger partial charge in [0.2, 0.25) is 5.82 Å². The van der Waals surface area contributed by atoms with Crippen molar-refractivity contribution in [3.63, 3.8) is 0 Å². The lowest BCUT2D eigenvalue weighted by atomic mass is 10.2. The number of amides is 1. The normalized spacial score (nSPS) is 11.4. The molecule has 0 atom stereocenters. The number of alkyl halides is 3. The predicted octanol–water partition coefficient (Wildman–Crippen LogP) is 4.50. The third kappa shape index (κ3) is 3.85. The fraction of sp³-hybridized carbons (Fsp3) is 0.118. The second-order valence-corrected chi connectivity index (χ2v) is 5.84. The number of benzene rings is 2. The molecule has 1 amide bonds. The van der Waals surface area contributed by atoms with Gasteiger partial charge in [-0.2, -0.15) is 13.2 Å². The van der Waals surface area contributed by atoms with Gasteiger partial charge >= 0.3 is 6.18 Å². The van der Waals surface area contributed by atoms with Gasteiger partial charge in [0.25, 0.3) is 5.91 Å². The average Bonchev–Trinajstić information content (AvgIpc) is 2.97. The maximum Gasteiger partial charge on any atom is 0.416 e. The van der Waals surface area contributed by atoms with Gasteiger partial charge in [-0.3, -0.25) is 4.79 Å². The molecule has 0 aliphatic rings. The first-order chi connectivity index (χ1) is 12.2. The van der Waals surface area contributed by atoms with Crippen LogP contribution in [0.15, 0.2) is 48.5 Å². The number of nitrogens with one attached hydrogen (secondary N) is 1. The molecule has 1 aromatic heterocycles.